The second-order valence-corrected chi connectivity index (χ2v) is 6.16. The number of amides is 2. The molecule has 0 N–H and O–H groups in total. The van der Waals surface area contributed by atoms with Crippen LogP contribution in [0.25, 0.3) is 0 Å². The van der Waals surface area contributed by atoms with E-state index in [1.165, 1.54) is 0 Å². The lowest BCUT2D eigenvalue weighted by molar-refractivity contribution is -0.111. The van der Waals surface area contributed by atoms with E-state index in [0.29, 0.717) is 11.1 Å². The Labute approximate surface area is 132 Å². The van der Waals surface area contributed by atoms with Crippen molar-refractivity contribution in [3.05, 3.63) is 65.2 Å². The monoisotopic (exact) mass is 311 g/mol. The minimum absolute atomic E-state index is 0.217. The van der Waals surface area contributed by atoms with E-state index < -0.39 is 11.8 Å². The van der Waals surface area contributed by atoms with Gasteiger partial charge in [0.2, 0.25) is 5.12 Å². The largest absolute Gasteiger partial charge is 0.285 e. The van der Waals surface area contributed by atoms with E-state index in [2.05, 4.69) is 0 Å². The normalized spacial score (nSPS) is 13.4. The predicted octanol–water partition coefficient (Wildman–Crippen LogP) is 2.91. The number of rotatable bonds is 3. The van der Waals surface area contributed by atoms with E-state index in [0.717, 1.165) is 27.1 Å². The molecule has 2 amide bonds. The van der Waals surface area contributed by atoms with Crippen LogP contribution in [0.15, 0.2) is 53.4 Å². The van der Waals surface area contributed by atoms with Crippen LogP contribution >= 0.6 is 11.8 Å². The van der Waals surface area contributed by atoms with E-state index in [1.54, 1.807) is 24.3 Å². The molecule has 22 heavy (non-hydrogen) atoms. The molecule has 5 heteroatoms. The minimum Gasteiger partial charge on any atom is -0.285 e. The van der Waals surface area contributed by atoms with Crippen LogP contribution in [-0.2, 0) is 4.79 Å². The summed E-state index contributed by atoms with van der Waals surface area (Å²) in [4.78, 5) is 38.3. The van der Waals surface area contributed by atoms with Crippen molar-refractivity contribution in [2.45, 2.75) is 11.8 Å². The molecule has 1 heterocycles. The Morgan fingerprint density at radius 3 is 2.05 bits per heavy atom. The number of aryl methyl sites for hydroxylation is 1. The van der Waals surface area contributed by atoms with E-state index >= 15 is 0 Å². The average Bonchev–Trinajstić information content (AvgIpc) is 2.75. The van der Waals surface area contributed by atoms with Crippen LogP contribution in [0, 0.1) is 6.92 Å². The number of carbonyl (C=O) groups is 3. The summed E-state index contributed by atoms with van der Waals surface area (Å²) in [6, 6.07) is 14.1. The zero-order valence-electron chi connectivity index (χ0n) is 11.9. The first-order chi connectivity index (χ1) is 10.6. The maximum Gasteiger partial charge on any atom is 0.261 e. The van der Waals surface area contributed by atoms with Crippen LogP contribution in [-0.4, -0.2) is 28.4 Å². The number of hydrogen-bond acceptors (Lipinski definition) is 4. The average molecular weight is 311 g/mol. The molecule has 1 aliphatic heterocycles. The molecular formula is C17H13NO3S. The number of benzene rings is 2. The molecule has 0 unspecified atom stereocenters. The van der Waals surface area contributed by atoms with Crippen molar-refractivity contribution in [2.75, 3.05) is 6.54 Å². The maximum absolute atomic E-state index is 12.2. The molecule has 1 aliphatic rings. The van der Waals surface area contributed by atoms with Crippen molar-refractivity contribution in [1.82, 2.24) is 4.90 Å². The molecule has 0 fully saturated rings. The Bertz CT molecular complexity index is 733. The van der Waals surface area contributed by atoms with Gasteiger partial charge in [0.1, 0.15) is 0 Å². The third-order valence-electron chi connectivity index (χ3n) is 3.42. The first-order valence-electron chi connectivity index (χ1n) is 6.79. The second kappa shape index (κ2) is 5.77. The fraction of sp³-hybridized carbons (Fsp3) is 0.118. The van der Waals surface area contributed by atoms with Crippen molar-refractivity contribution in [3.63, 3.8) is 0 Å². The lowest BCUT2D eigenvalue weighted by Crippen LogP contribution is -2.33. The van der Waals surface area contributed by atoms with Crippen molar-refractivity contribution < 1.29 is 14.4 Å². The van der Waals surface area contributed by atoms with Gasteiger partial charge in [0.15, 0.2) is 0 Å². The van der Waals surface area contributed by atoms with Gasteiger partial charge in [-0.3, -0.25) is 19.3 Å². The van der Waals surface area contributed by atoms with Crippen LogP contribution < -0.4 is 0 Å². The SMILES string of the molecule is Cc1ccc(SC(=O)CN2C(=O)c3ccccc3C2=O)cc1. The predicted molar refractivity (Wildman–Crippen MR) is 83.9 cm³/mol. The summed E-state index contributed by atoms with van der Waals surface area (Å²) in [7, 11) is 0. The van der Waals surface area contributed by atoms with Crippen molar-refractivity contribution >= 4 is 28.7 Å². The Morgan fingerprint density at radius 1 is 0.955 bits per heavy atom. The second-order valence-electron chi connectivity index (χ2n) is 5.03. The molecule has 0 aliphatic carbocycles. The van der Waals surface area contributed by atoms with Gasteiger partial charge in [-0.05, 0) is 31.2 Å². The molecule has 2 aromatic rings. The van der Waals surface area contributed by atoms with Gasteiger partial charge in [-0.25, -0.2) is 0 Å². The van der Waals surface area contributed by atoms with E-state index in [1.807, 2.05) is 31.2 Å². The van der Waals surface area contributed by atoms with Crippen LogP contribution in [0.5, 0.6) is 0 Å². The van der Waals surface area contributed by atoms with Crippen molar-refractivity contribution in [2.24, 2.45) is 0 Å². The summed E-state index contributed by atoms with van der Waals surface area (Å²) in [5, 5.41) is -0.238. The summed E-state index contributed by atoms with van der Waals surface area (Å²) < 4.78 is 0. The van der Waals surface area contributed by atoms with Crippen LogP contribution in [0.2, 0.25) is 0 Å². The zero-order chi connectivity index (χ0) is 15.7. The van der Waals surface area contributed by atoms with Gasteiger partial charge < -0.3 is 0 Å². The Balaban J connectivity index is 1.71. The number of thioether (sulfide) groups is 1. The molecule has 0 saturated heterocycles. The quantitative estimate of drug-likeness (QED) is 0.646. The molecule has 0 saturated carbocycles. The standard InChI is InChI=1S/C17H13NO3S/c1-11-6-8-12(9-7-11)22-15(19)10-18-16(20)13-4-2-3-5-14(13)17(18)21/h2-9H,10H2,1H3. The Morgan fingerprint density at radius 2 is 1.50 bits per heavy atom. The van der Waals surface area contributed by atoms with Gasteiger partial charge in [0.05, 0.1) is 17.7 Å². The number of hydrogen-bond donors (Lipinski definition) is 0. The first kappa shape index (κ1) is 14.5. The fourth-order valence-electron chi connectivity index (χ4n) is 2.28. The third-order valence-corrected chi connectivity index (χ3v) is 4.28. The highest BCUT2D eigenvalue weighted by Gasteiger charge is 2.36. The van der Waals surface area contributed by atoms with Gasteiger partial charge >= 0.3 is 0 Å². The number of carbonyl (C=O) groups excluding carboxylic acids is 3. The molecule has 110 valence electrons. The number of imide groups is 1. The van der Waals surface area contributed by atoms with E-state index in [9.17, 15) is 14.4 Å². The maximum atomic E-state index is 12.2. The summed E-state index contributed by atoms with van der Waals surface area (Å²) in [5.41, 5.74) is 1.83. The molecule has 4 nitrogen and oxygen atoms in total. The molecular weight excluding hydrogens is 298 g/mol. The minimum atomic E-state index is -0.404. The topological polar surface area (TPSA) is 54.5 Å². The molecule has 0 radical (unpaired) electrons. The van der Waals surface area contributed by atoms with Gasteiger partial charge in [-0.1, -0.05) is 41.6 Å². The highest BCUT2D eigenvalue weighted by atomic mass is 32.2. The third kappa shape index (κ3) is 2.67. The summed E-state index contributed by atoms with van der Waals surface area (Å²) >= 11 is 1.04. The van der Waals surface area contributed by atoms with Crippen LogP contribution in [0.3, 0.4) is 0 Å². The van der Waals surface area contributed by atoms with Gasteiger partial charge in [0.25, 0.3) is 11.8 Å². The summed E-state index contributed by atoms with van der Waals surface area (Å²) in [5.74, 6) is -0.808. The smallest absolute Gasteiger partial charge is 0.261 e. The number of nitrogens with zero attached hydrogens (tertiary/aromatic N) is 1. The first-order valence-corrected chi connectivity index (χ1v) is 7.60. The summed E-state index contributed by atoms with van der Waals surface area (Å²) in [6.45, 7) is 1.75. The highest BCUT2D eigenvalue weighted by Crippen LogP contribution is 2.25. The van der Waals surface area contributed by atoms with Gasteiger partial charge in [0, 0.05) is 4.90 Å². The lowest BCUT2D eigenvalue weighted by atomic mass is 10.1. The van der Waals surface area contributed by atoms with Crippen molar-refractivity contribution in [3.8, 4) is 0 Å². The van der Waals surface area contributed by atoms with Crippen LogP contribution in [0.1, 0.15) is 26.3 Å². The number of fused-ring (bicyclic) bond motifs is 1. The Kier molecular flexibility index (Phi) is 3.81. The molecule has 0 bridgehead atoms. The van der Waals surface area contributed by atoms with Crippen LogP contribution in [0.4, 0.5) is 0 Å². The molecule has 0 atom stereocenters. The molecule has 3 rings (SSSR count). The molecule has 2 aromatic carbocycles. The highest BCUT2D eigenvalue weighted by molar-refractivity contribution is 8.13. The fourth-order valence-corrected chi connectivity index (χ4v) is 3.01. The van der Waals surface area contributed by atoms with Gasteiger partial charge in [-0.15, -0.1) is 0 Å². The summed E-state index contributed by atoms with van der Waals surface area (Å²) in [6.07, 6.45) is 0. The molecule has 0 spiro atoms. The Hall–Kier alpha value is -2.40. The zero-order valence-corrected chi connectivity index (χ0v) is 12.7. The van der Waals surface area contributed by atoms with E-state index in [-0.39, 0.29) is 11.7 Å². The molecule has 0 aromatic heterocycles. The van der Waals surface area contributed by atoms with Gasteiger partial charge in [-0.2, -0.15) is 0 Å². The lowest BCUT2D eigenvalue weighted by Gasteiger charge is -2.12. The van der Waals surface area contributed by atoms with E-state index in [4.69, 9.17) is 0 Å². The van der Waals surface area contributed by atoms with Crippen molar-refractivity contribution in [1.29, 1.82) is 0 Å².